The zero-order valence-corrected chi connectivity index (χ0v) is 16.5. The summed E-state index contributed by atoms with van der Waals surface area (Å²) >= 11 is 0. The number of likely N-dealkylation sites (tertiary alicyclic amines) is 1. The Labute approximate surface area is 167 Å². The van der Waals surface area contributed by atoms with E-state index in [0.29, 0.717) is 11.5 Å². The van der Waals surface area contributed by atoms with Gasteiger partial charge in [0, 0.05) is 18.9 Å². The van der Waals surface area contributed by atoms with Crippen LogP contribution in [0.1, 0.15) is 31.4 Å². The molecule has 3 atom stereocenters. The van der Waals surface area contributed by atoms with Crippen LogP contribution in [0.15, 0.2) is 30.3 Å². The van der Waals surface area contributed by atoms with Gasteiger partial charge in [0.2, 0.25) is 0 Å². The van der Waals surface area contributed by atoms with Gasteiger partial charge in [-0.1, -0.05) is 0 Å². The normalized spacial score (nSPS) is 19.7. The number of amides is 1. The first kappa shape index (κ1) is 21.0. The molecule has 0 bridgehead atoms. The summed E-state index contributed by atoms with van der Waals surface area (Å²) < 4.78 is 51.2. The Kier molecular flexibility index (Phi) is 6.32. The van der Waals surface area contributed by atoms with Crippen molar-refractivity contribution in [3.63, 3.8) is 0 Å². The lowest BCUT2D eigenvalue weighted by atomic mass is 10.0. The van der Waals surface area contributed by atoms with Crippen molar-refractivity contribution in [3.05, 3.63) is 53.3 Å². The Balaban J connectivity index is 1.80. The van der Waals surface area contributed by atoms with E-state index in [4.69, 9.17) is 9.47 Å². The molecule has 0 spiro atoms. The first-order valence-corrected chi connectivity index (χ1v) is 9.39. The summed E-state index contributed by atoms with van der Waals surface area (Å²) in [6, 6.07) is 6.83. The average molecular weight is 409 g/mol. The Morgan fingerprint density at radius 1 is 1.14 bits per heavy atom. The summed E-state index contributed by atoms with van der Waals surface area (Å²) in [6.45, 7) is 2.48. The molecule has 156 valence electrons. The number of hydrogen-bond donors (Lipinski definition) is 2. The smallest absolute Gasteiger partial charge is 0.282 e. The minimum Gasteiger partial charge on any atom is -0.497 e. The van der Waals surface area contributed by atoms with E-state index in [1.807, 2.05) is 12.1 Å². The molecule has 0 aromatic heterocycles. The van der Waals surface area contributed by atoms with Gasteiger partial charge in [-0.25, -0.2) is 13.2 Å². The van der Waals surface area contributed by atoms with E-state index in [9.17, 15) is 18.0 Å². The largest absolute Gasteiger partial charge is 0.497 e. The third-order valence-corrected chi connectivity index (χ3v) is 5.46. The number of carbonyl (C=O) groups excluding carboxylic acids is 1. The predicted octanol–water partition coefficient (Wildman–Crippen LogP) is 2.87. The monoisotopic (exact) mass is 409 g/mol. The molecule has 29 heavy (non-hydrogen) atoms. The topological polar surface area (TPSA) is 52.0 Å². The van der Waals surface area contributed by atoms with Gasteiger partial charge in [0.15, 0.2) is 23.5 Å². The summed E-state index contributed by atoms with van der Waals surface area (Å²) in [6.07, 6.45) is 1.77. The molecule has 1 aliphatic rings. The van der Waals surface area contributed by atoms with E-state index in [0.717, 1.165) is 42.0 Å². The Morgan fingerprint density at radius 3 is 2.59 bits per heavy atom. The lowest BCUT2D eigenvalue weighted by Gasteiger charge is -2.28. The number of halogens is 3. The summed E-state index contributed by atoms with van der Waals surface area (Å²) in [5.74, 6) is -3.44. The summed E-state index contributed by atoms with van der Waals surface area (Å²) in [5.41, 5.74) is 0.581. The maximum Gasteiger partial charge on any atom is 0.282 e. The first-order chi connectivity index (χ1) is 13.9. The van der Waals surface area contributed by atoms with Crippen molar-refractivity contribution in [3.8, 4) is 11.5 Å². The lowest BCUT2D eigenvalue weighted by molar-refractivity contribution is -0.932. The number of rotatable bonds is 6. The van der Waals surface area contributed by atoms with Gasteiger partial charge in [-0.05, 0) is 31.2 Å². The molecule has 1 amide bonds. The Hall–Kier alpha value is -2.74. The van der Waals surface area contributed by atoms with Crippen molar-refractivity contribution in [1.82, 2.24) is 0 Å². The molecule has 1 heterocycles. The molecule has 2 aromatic carbocycles. The fraction of sp³-hybridized carbons (Fsp3) is 0.381. The van der Waals surface area contributed by atoms with Gasteiger partial charge in [0.05, 0.1) is 32.0 Å². The van der Waals surface area contributed by atoms with E-state index in [-0.39, 0.29) is 11.7 Å². The number of quaternary nitrogens is 1. The van der Waals surface area contributed by atoms with Crippen molar-refractivity contribution in [2.75, 3.05) is 26.1 Å². The highest BCUT2D eigenvalue weighted by Crippen LogP contribution is 2.32. The third-order valence-electron chi connectivity index (χ3n) is 5.46. The van der Waals surface area contributed by atoms with Crippen LogP contribution in [0.2, 0.25) is 0 Å². The fourth-order valence-corrected chi connectivity index (χ4v) is 3.88. The van der Waals surface area contributed by atoms with Crippen LogP contribution in [0.3, 0.4) is 0 Å². The van der Waals surface area contributed by atoms with Gasteiger partial charge in [0.1, 0.15) is 17.5 Å². The minimum absolute atomic E-state index is 0.00593. The molecule has 2 N–H and O–H groups in total. The molecule has 0 saturated carbocycles. The third kappa shape index (κ3) is 4.17. The SMILES string of the molecule is COc1ccc([C@H]2CCC[NH+]2[C@H](C)C(=O)Nc2ccc(F)c(F)c2F)c(OC)c1. The van der Waals surface area contributed by atoms with Crippen LogP contribution in [-0.2, 0) is 4.79 Å². The summed E-state index contributed by atoms with van der Waals surface area (Å²) in [7, 11) is 3.15. The highest BCUT2D eigenvalue weighted by atomic mass is 19.2. The summed E-state index contributed by atoms with van der Waals surface area (Å²) in [5, 5.41) is 2.38. The Morgan fingerprint density at radius 2 is 1.90 bits per heavy atom. The minimum atomic E-state index is -1.61. The molecule has 0 aliphatic carbocycles. The highest BCUT2D eigenvalue weighted by molar-refractivity contribution is 5.93. The maximum absolute atomic E-state index is 13.9. The van der Waals surface area contributed by atoms with Crippen molar-refractivity contribution in [2.45, 2.75) is 31.8 Å². The number of hydrogen-bond acceptors (Lipinski definition) is 3. The molecular formula is C21H24F3N2O3+. The second kappa shape index (κ2) is 8.73. The molecule has 1 aliphatic heterocycles. The average Bonchev–Trinajstić information content (AvgIpc) is 3.22. The van der Waals surface area contributed by atoms with Gasteiger partial charge in [-0.15, -0.1) is 0 Å². The second-order valence-corrected chi connectivity index (χ2v) is 7.06. The zero-order valence-electron chi connectivity index (χ0n) is 16.5. The number of nitrogens with one attached hydrogen (secondary N) is 2. The highest BCUT2D eigenvalue weighted by Gasteiger charge is 2.38. The summed E-state index contributed by atoms with van der Waals surface area (Å²) in [4.78, 5) is 13.7. The van der Waals surface area contributed by atoms with E-state index in [1.54, 1.807) is 27.2 Å². The van der Waals surface area contributed by atoms with E-state index >= 15 is 0 Å². The van der Waals surface area contributed by atoms with Gasteiger partial charge in [0.25, 0.3) is 5.91 Å². The van der Waals surface area contributed by atoms with Crippen LogP contribution in [0, 0.1) is 17.5 Å². The van der Waals surface area contributed by atoms with Crippen LogP contribution in [-0.4, -0.2) is 32.7 Å². The Bertz CT molecular complexity index is 907. The number of methoxy groups -OCH3 is 2. The van der Waals surface area contributed by atoms with Crippen molar-refractivity contribution in [2.24, 2.45) is 0 Å². The lowest BCUT2D eigenvalue weighted by Crippen LogP contribution is -3.15. The quantitative estimate of drug-likeness (QED) is 0.722. The van der Waals surface area contributed by atoms with Crippen molar-refractivity contribution < 1.29 is 32.3 Å². The molecular weight excluding hydrogens is 385 g/mol. The zero-order chi connectivity index (χ0) is 21.1. The molecule has 2 aromatic rings. The fourth-order valence-electron chi connectivity index (χ4n) is 3.88. The first-order valence-electron chi connectivity index (χ1n) is 9.39. The number of ether oxygens (including phenoxy) is 2. The molecule has 0 radical (unpaired) electrons. The van der Waals surface area contributed by atoms with Crippen LogP contribution in [0.5, 0.6) is 11.5 Å². The van der Waals surface area contributed by atoms with Crippen LogP contribution in [0.4, 0.5) is 18.9 Å². The van der Waals surface area contributed by atoms with E-state index in [1.165, 1.54) is 0 Å². The van der Waals surface area contributed by atoms with Gasteiger partial charge in [-0.3, -0.25) is 4.79 Å². The number of carbonyl (C=O) groups is 1. The predicted molar refractivity (Wildman–Crippen MR) is 102 cm³/mol. The van der Waals surface area contributed by atoms with E-state index < -0.39 is 29.4 Å². The molecule has 1 fully saturated rings. The number of benzene rings is 2. The van der Waals surface area contributed by atoms with Crippen molar-refractivity contribution >= 4 is 11.6 Å². The second-order valence-electron chi connectivity index (χ2n) is 7.06. The van der Waals surface area contributed by atoms with E-state index in [2.05, 4.69) is 5.32 Å². The molecule has 1 unspecified atom stereocenters. The molecule has 3 rings (SSSR count). The van der Waals surface area contributed by atoms with Gasteiger partial charge >= 0.3 is 0 Å². The maximum atomic E-state index is 13.9. The number of anilines is 1. The molecule has 5 nitrogen and oxygen atoms in total. The van der Waals surface area contributed by atoms with Crippen LogP contribution < -0.4 is 19.7 Å². The molecule has 8 heteroatoms. The van der Waals surface area contributed by atoms with Gasteiger partial charge in [-0.2, -0.15) is 0 Å². The molecule has 1 saturated heterocycles. The van der Waals surface area contributed by atoms with Crippen LogP contribution >= 0.6 is 0 Å². The van der Waals surface area contributed by atoms with Gasteiger partial charge < -0.3 is 19.7 Å². The standard InChI is InChI=1S/C21H23F3N2O3/c1-12(21(27)25-16-9-8-15(22)19(23)20(16)24)26-10-4-5-17(26)14-7-6-13(28-2)11-18(14)29-3/h6-9,11-12,17H,4-5,10H2,1-3H3,(H,25,27)/p+1/t12-,17-/m1/s1. The van der Waals surface area contributed by atoms with Crippen molar-refractivity contribution in [1.29, 1.82) is 0 Å². The van der Waals surface area contributed by atoms with Crippen LogP contribution in [0.25, 0.3) is 0 Å².